The maximum Gasteiger partial charge on any atom is 0.123 e. The second-order valence-electron chi connectivity index (χ2n) is 2.80. The summed E-state index contributed by atoms with van der Waals surface area (Å²) in [6.45, 7) is 3.66. The summed E-state index contributed by atoms with van der Waals surface area (Å²) in [5.41, 5.74) is 0.764. The number of aromatic nitrogens is 1. The van der Waals surface area contributed by atoms with E-state index >= 15 is 0 Å². The summed E-state index contributed by atoms with van der Waals surface area (Å²) in [4.78, 5) is 4.00. The first-order chi connectivity index (χ1) is 6.33. The fraction of sp³-hybridized carbons (Fsp3) is 0. The zero-order chi connectivity index (χ0) is 9.26. The molecule has 0 aliphatic heterocycles. The van der Waals surface area contributed by atoms with Crippen LogP contribution in [0, 0.1) is 0 Å². The van der Waals surface area contributed by atoms with Crippen molar-refractivity contribution in [1.29, 1.82) is 0 Å². The van der Waals surface area contributed by atoms with Gasteiger partial charge in [-0.15, -0.1) is 0 Å². The number of rotatable bonds is 1. The largest absolute Gasteiger partial charge is 0.507 e. The van der Waals surface area contributed by atoms with Gasteiger partial charge in [0.25, 0.3) is 0 Å². The molecule has 1 N–H and O–H groups in total. The Hall–Kier alpha value is -1.83. The van der Waals surface area contributed by atoms with Crippen molar-refractivity contribution >= 4 is 16.8 Å². The lowest BCUT2D eigenvalue weighted by Crippen LogP contribution is -1.80. The number of nitrogens with zero attached hydrogens (tertiary/aromatic N) is 1. The molecule has 1 aromatic carbocycles. The first-order valence-corrected chi connectivity index (χ1v) is 4.01. The maximum absolute atomic E-state index is 9.52. The van der Waals surface area contributed by atoms with Crippen molar-refractivity contribution in [3.8, 4) is 5.75 Å². The Labute approximate surface area is 76.2 Å². The van der Waals surface area contributed by atoms with Crippen molar-refractivity contribution in [2.45, 2.75) is 0 Å². The lowest BCUT2D eigenvalue weighted by molar-refractivity contribution is 0.475. The highest BCUT2D eigenvalue weighted by Crippen LogP contribution is 2.26. The van der Waals surface area contributed by atoms with Crippen molar-refractivity contribution in [2.75, 3.05) is 0 Å². The first kappa shape index (κ1) is 7.80. The van der Waals surface area contributed by atoms with E-state index in [1.807, 2.05) is 12.1 Å². The lowest BCUT2D eigenvalue weighted by Gasteiger charge is -2.03. The summed E-state index contributed by atoms with van der Waals surface area (Å²) in [6, 6.07) is 5.36. The van der Waals surface area contributed by atoms with E-state index in [9.17, 15) is 5.11 Å². The van der Waals surface area contributed by atoms with Crippen LogP contribution in [0.25, 0.3) is 16.8 Å². The Morgan fingerprint density at radius 3 is 2.92 bits per heavy atom. The highest BCUT2D eigenvalue weighted by Gasteiger charge is 2.01. The fourth-order valence-electron chi connectivity index (χ4n) is 1.40. The van der Waals surface area contributed by atoms with Gasteiger partial charge in [0, 0.05) is 23.3 Å². The molecule has 2 nitrogen and oxygen atoms in total. The van der Waals surface area contributed by atoms with Crippen LogP contribution in [0.2, 0.25) is 0 Å². The molecule has 13 heavy (non-hydrogen) atoms. The molecule has 0 unspecified atom stereocenters. The number of hydrogen-bond acceptors (Lipinski definition) is 2. The highest BCUT2D eigenvalue weighted by atomic mass is 16.3. The van der Waals surface area contributed by atoms with Crippen molar-refractivity contribution in [1.82, 2.24) is 4.98 Å². The Kier molecular flexibility index (Phi) is 1.74. The molecule has 0 fully saturated rings. The summed E-state index contributed by atoms with van der Waals surface area (Å²) >= 11 is 0. The smallest absolute Gasteiger partial charge is 0.123 e. The normalized spacial score (nSPS) is 10.2. The topological polar surface area (TPSA) is 33.1 Å². The Bertz CT molecular complexity index is 463. The van der Waals surface area contributed by atoms with Gasteiger partial charge in [0.15, 0.2) is 0 Å². The molecular weight excluding hydrogens is 162 g/mol. The van der Waals surface area contributed by atoms with Gasteiger partial charge in [0.1, 0.15) is 5.75 Å². The van der Waals surface area contributed by atoms with E-state index in [2.05, 4.69) is 11.6 Å². The SMILES string of the molecule is C=Cc1c(O)ccc2cnccc12. The second kappa shape index (κ2) is 2.90. The van der Waals surface area contributed by atoms with E-state index in [1.54, 1.807) is 24.5 Å². The number of aromatic hydroxyl groups is 1. The summed E-state index contributed by atoms with van der Waals surface area (Å²) in [5, 5.41) is 11.5. The van der Waals surface area contributed by atoms with Crippen LogP contribution in [-0.2, 0) is 0 Å². The third-order valence-corrected chi connectivity index (χ3v) is 2.04. The Morgan fingerprint density at radius 2 is 2.15 bits per heavy atom. The van der Waals surface area contributed by atoms with Crippen molar-refractivity contribution in [3.63, 3.8) is 0 Å². The third kappa shape index (κ3) is 1.16. The first-order valence-electron chi connectivity index (χ1n) is 4.01. The minimum Gasteiger partial charge on any atom is -0.507 e. The number of hydrogen-bond donors (Lipinski definition) is 1. The van der Waals surface area contributed by atoms with Gasteiger partial charge in [-0.1, -0.05) is 12.7 Å². The standard InChI is InChI=1S/C11H9NO/c1-2-9-10-5-6-12-7-8(10)3-4-11(9)13/h2-7,13H,1H2. The van der Waals surface area contributed by atoms with Crippen molar-refractivity contribution in [3.05, 3.63) is 42.7 Å². The maximum atomic E-state index is 9.52. The molecule has 0 atom stereocenters. The quantitative estimate of drug-likeness (QED) is 0.715. The molecule has 0 spiro atoms. The molecule has 1 aromatic heterocycles. The average molecular weight is 171 g/mol. The molecule has 0 aliphatic carbocycles. The Morgan fingerprint density at radius 1 is 1.31 bits per heavy atom. The predicted octanol–water partition coefficient (Wildman–Crippen LogP) is 2.58. The monoisotopic (exact) mass is 171 g/mol. The fourth-order valence-corrected chi connectivity index (χ4v) is 1.40. The zero-order valence-corrected chi connectivity index (χ0v) is 7.07. The van der Waals surface area contributed by atoms with Crippen LogP contribution in [-0.4, -0.2) is 10.1 Å². The molecular formula is C11H9NO. The molecule has 1 heterocycles. The number of benzene rings is 1. The van der Waals surface area contributed by atoms with E-state index in [0.29, 0.717) is 0 Å². The third-order valence-electron chi connectivity index (χ3n) is 2.04. The number of phenols is 1. The molecule has 0 radical (unpaired) electrons. The molecule has 2 rings (SSSR count). The molecule has 0 saturated heterocycles. The van der Waals surface area contributed by atoms with Gasteiger partial charge in [-0.05, 0) is 23.6 Å². The van der Waals surface area contributed by atoms with E-state index in [1.165, 1.54) is 0 Å². The van der Waals surface area contributed by atoms with Crippen LogP contribution in [0.5, 0.6) is 5.75 Å². The summed E-state index contributed by atoms with van der Waals surface area (Å²) in [7, 11) is 0. The van der Waals surface area contributed by atoms with E-state index in [0.717, 1.165) is 16.3 Å². The van der Waals surface area contributed by atoms with Crippen molar-refractivity contribution < 1.29 is 5.11 Å². The van der Waals surface area contributed by atoms with Crippen LogP contribution >= 0.6 is 0 Å². The van der Waals surface area contributed by atoms with Gasteiger partial charge in [-0.25, -0.2) is 0 Å². The van der Waals surface area contributed by atoms with Crippen LogP contribution in [0.15, 0.2) is 37.2 Å². The highest BCUT2D eigenvalue weighted by molar-refractivity contribution is 5.92. The predicted molar refractivity (Wildman–Crippen MR) is 53.5 cm³/mol. The van der Waals surface area contributed by atoms with Gasteiger partial charge in [0.2, 0.25) is 0 Å². The van der Waals surface area contributed by atoms with Gasteiger partial charge >= 0.3 is 0 Å². The number of pyridine rings is 1. The molecule has 0 amide bonds. The molecule has 0 aliphatic rings. The lowest BCUT2D eigenvalue weighted by atomic mass is 10.1. The van der Waals surface area contributed by atoms with Gasteiger partial charge in [-0.2, -0.15) is 0 Å². The Balaban J connectivity index is 2.91. The minimum atomic E-state index is 0.258. The zero-order valence-electron chi connectivity index (χ0n) is 7.07. The van der Waals surface area contributed by atoms with E-state index in [4.69, 9.17) is 0 Å². The van der Waals surface area contributed by atoms with Crippen molar-refractivity contribution in [2.24, 2.45) is 0 Å². The summed E-state index contributed by atoms with van der Waals surface area (Å²) < 4.78 is 0. The molecule has 2 aromatic rings. The number of phenolic OH excluding ortho intramolecular Hbond substituents is 1. The average Bonchev–Trinajstić information content (AvgIpc) is 2.18. The van der Waals surface area contributed by atoms with Gasteiger partial charge < -0.3 is 5.11 Å². The number of fused-ring (bicyclic) bond motifs is 1. The van der Waals surface area contributed by atoms with Crippen LogP contribution in [0.3, 0.4) is 0 Å². The molecule has 2 heteroatoms. The van der Waals surface area contributed by atoms with Gasteiger partial charge in [0.05, 0.1) is 0 Å². The van der Waals surface area contributed by atoms with Crippen LogP contribution in [0.4, 0.5) is 0 Å². The molecule has 64 valence electrons. The minimum absolute atomic E-state index is 0.258. The van der Waals surface area contributed by atoms with Crippen LogP contribution in [0.1, 0.15) is 5.56 Å². The second-order valence-corrected chi connectivity index (χ2v) is 2.80. The summed E-state index contributed by atoms with van der Waals surface area (Å²) in [5.74, 6) is 0.258. The van der Waals surface area contributed by atoms with Crippen LogP contribution < -0.4 is 0 Å². The molecule has 0 bridgehead atoms. The van der Waals surface area contributed by atoms with Gasteiger partial charge in [-0.3, -0.25) is 4.98 Å². The summed E-state index contributed by atoms with van der Waals surface area (Å²) in [6.07, 6.45) is 5.12. The molecule has 0 saturated carbocycles. The van der Waals surface area contributed by atoms with E-state index in [-0.39, 0.29) is 5.75 Å². The van der Waals surface area contributed by atoms with E-state index < -0.39 is 0 Å².